The van der Waals surface area contributed by atoms with Crippen molar-refractivity contribution in [2.24, 2.45) is 13.0 Å². The summed E-state index contributed by atoms with van der Waals surface area (Å²) in [6.07, 6.45) is 1.15. The summed E-state index contributed by atoms with van der Waals surface area (Å²) in [6, 6.07) is 4.36. The Kier molecular flexibility index (Phi) is 2.47. The second-order valence-electron chi connectivity index (χ2n) is 5.19. The zero-order chi connectivity index (χ0) is 12.0. The van der Waals surface area contributed by atoms with Gasteiger partial charge in [-0.05, 0) is 31.4 Å². The van der Waals surface area contributed by atoms with Gasteiger partial charge in [-0.2, -0.15) is 0 Å². The highest BCUT2D eigenvalue weighted by Crippen LogP contribution is 2.28. The molecule has 2 fully saturated rings. The summed E-state index contributed by atoms with van der Waals surface area (Å²) in [6.45, 7) is 4.97. The van der Waals surface area contributed by atoms with E-state index in [9.17, 15) is 4.79 Å². The van der Waals surface area contributed by atoms with Crippen LogP contribution in [0, 0.1) is 12.8 Å². The number of amides is 1. The fourth-order valence-corrected chi connectivity index (χ4v) is 3.08. The van der Waals surface area contributed by atoms with Crippen molar-refractivity contribution >= 4 is 5.91 Å². The molecule has 1 amide bonds. The van der Waals surface area contributed by atoms with E-state index >= 15 is 0 Å². The molecule has 2 aliphatic heterocycles. The molecule has 4 heteroatoms. The van der Waals surface area contributed by atoms with Gasteiger partial charge in [0.15, 0.2) is 0 Å². The van der Waals surface area contributed by atoms with Crippen LogP contribution in [-0.2, 0) is 7.05 Å². The number of likely N-dealkylation sites (tertiary alicyclic amines) is 1. The largest absolute Gasteiger partial charge is 0.344 e. The normalized spacial score (nSPS) is 27.5. The van der Waals surface area contributed by atoms with Gasteiger partial charge in [0.1, 0.15) is 5.69 Å². The summed E-state index contributed by atoms with van der Waals surface area (Å²) in [5.74, 6) is 0.858. The maximum absolute atomic E-state index is 12.5. The second kappa shape index (κ2) is 3.88. The molecule has 1 aromatic rings. The van der Waals surface area contributed by atoms with Crippen molar-refractivity contribution < 1.29 is 4.79 Å². The van der Waals surface area contributed by atoms with E-state index in [1.54, 1.807) is 0 Å². The minimum Gasteiger partial charge on any atom is -0.344 e. The fourth-order valence-electron chi connectivity index (χ4n) is 3.08. The molecule has 2 atom stereocenters. The Morgan fingerprint density at radius 3 is 2.94 bits per heavy atom. The number of carbonyl (C=O) groups excluding carboxylic acids is 1. The number of nitrogens with one attached hydrogen (secondary N) is 1. The van der Waals surface area contributed by atoms with Gasteiger partial charge in [-0.1, -0.05) is 0 Å². The molecule has 0 radical (unpaired) electrons. The van der Waals surface area contributed by atoms with E-state index in [0.717, 1.165) is 37.4 Å². The van der Waals surface area contributed by atoms with Crippen LogP contribution >= 0.6 is 0 Å². The fraction of sp³-hybridized carbons (Fsp3) is 0.615. The van der Waals surface area contributed by atoms with Gasteiger partial charge in [-0.25, -0.2) is 0 Å². The van der Waals surface area contributed by atoms with Gasteiger partial charge in [-0.15, -0.1) is 0 Å². The van der Waals surface area contributed by atoms with Crippen LogP contribution in [0.3, 0.4) is 0 Å². The van der Waals surface area contributed by atoms with Gasteiger partial charge < -0.3 is 14.8 Å². The predicted octanol–water partition coefficient (Wildman–Crippen LogP) is 0.767. The van der Waals surface area contributed by atoms with Crippen LogP contribution in [0.4, 0.5) is 0 Å². The van der Waals surface area contributed by atoms with Crippen molar-refractivity contribution in [3.05, 3.63) is 23.5 Å². The SMILES string of the molecule is Cc1ccc(C(=O)N2CC[C@@H]3CNC[C@@H]32)n1C. The van der Waals surface area contributed by atoms with E-state index in [4.69, 9.17) is 0 Å². The number of nitrogens with zero attached hydrogens (tertiary/aromatic N) is 2. The van der Waals surface area contributed by atoms with Gasteiger partial charge in [0.2, 0.25) is 0 Å². The summed E-state index contributed by atoms with van der Waals surface area (Å²) in [7, 11) is 1.96. The topological polar surface area (TPSA) is 37.3 Å². The van der Waals surface area contributed by atoms with Crippen molar-refractivity contribution in [3.8, 4) is 0 Å². The Morgan fingerprint density at radius 2 is 2.24 bits per heavy atom. The van der Waals surface area contributed by atoms with Crippen molar-refractivity contribution in [3.63, 3.8) is 0 Å². The van der Waals surface area contributed by atoms with Crippen LogP contribution in [0.2, 0.25) is 0 Å². The standard InChI is InChI=1S/C13H19N3O/c1-9-3-4-11(15(9)2)13(17)16-6-5-10-7-14-8-12(10)16/h3-4,10,12,14H,5-8H2,1-2H3/t10-,12+/m1/s1. The third-order valence-corrected chi connectivity index (χ3v) is 4.30. The van der Waals surface area contributed by atoms with Crippen LogP contribution in [-0.4, -0.2) is 41.1 Å². The third kappa shape index (κ3) is 1.59. The molecule has 3 rings (SSSR count). The summed E-state index contributed by atoms with van der Waals surface area (Å²) in [5, 5.41) is 3.38. The zero-order valence-corrected chi connectivity index (χ0v) is 10.4. The molecule has 1 N–H and O–H groups in total. The smallest absolute Gasteiger partial charge is 0.270 e. The van der Waals surface area contributed by atoms with E-state index in [1.165, 1.54) is 0 Å². The molecule has 0 spiro atoms. The summed E-state index contributed by atoms with van der Waals surface area (Å²) >= 11 is 0. The molecule has 4 nitrogen and oxygen atoms in total. The third-order valence-electron chi connectivity index (χ3n) is 4.30. The molecule has 0 aliphatic carbocycles. The highest BCUT2D eigenvalue weighted by Gasteiger charge is 2.40. The second-order valence-corrected chi connectivity index (χ2v) is 5.19. The lowest BCUT2D eigenvalue weighted by Gasteiger charge is -2.23. The Morgan fingerprint density at radius 1 is 1.41 bits per heavy atom. The average molecular weight is 233 g/mol. The first-order chi connectivity index (χ1) is 8.18. The lowest BCUT2D eigenvalue weighted by Crippen LogP contribution is -2.39. The number of aromatic nitrogens is 1. The van der Waals surface area contributed by atoms with Crippen molar-refractivity contribution in [2.75, 3.05) is 19.6 Å². The lowest BCUT2D eigenvalue weighted by atomic mass is 10.1. The van der Waals surface area contributed by atoms with Crippen LogP contribution in [0.15, 0.2) is 12.1 Å². The number of hydrogen-bond acceptors (Lipinski definition) is 2. The van der Waals surface area contributed by atoms with E-state index in [2.05, 4.69) is 10.2 Å². The number of fused-ring (bicyclic) bond motifs is 1. The first kappa shape index (κ1) is 10.8. The van der Waals surface area contributed by atoms with Gasteiger partial charge in [-0.3, -0.25) is 4.79 Å². The predicted molar refractivity (Wildman–Crippen MR) is 66.0 cm³/mol. The molecule has 2 aliphatic rings. The van der Waals surface area contributed by atoms with Crippen LogP contribution < -0.4 is 5.32 Å². The molecular weight excluding hydrogens is 214 g/mol. The van der Waals surface area contributed by atoms with Gasteiger partial charge in [0.05, 0.1) is 0 Å². The van der Waals surface area contributed by atoms with Crippen molar-refractivity contribution in [1.82, 2.24) is 14.8 Å². The van der Waals surface area contributed by atoms with Crippen LogP contribution in [0.5, 0.6) is 0 Å². The highest BCUT2D eigenvalue weighted by molar-refractivity contribution is 5.93. The molecule has 0 aromatic carbocycles. The first-order valence-corrected chi connectivity index (χ1v) is 6.32. The maximum atomic E-state index is 12.5. The number of rotatable bonds is 1. The van der Waals surface area contributed by atoms with E-state index in [-0.39, 0.29) is 5.91 Å². The Bertz CT molecular complexity index is 452. The number of hydrogen-bond donors (Lipinski definition) is 1. The zero-order valence-electron chi connectivity index (χ0n) is 10.4. The van der Waals surface area contributed by atoms with Crippen LogP contribution in [0.1, 0.15) is 22.6 Å². The lowest BCUT2D eigenvalue weighted by molar-refractivity contribution is 0.0727. The molecular formula is C13H19N3O. The minimum absolute atomic E-state index is 0.191. The van der Waals surface area contributed by atoms with E-state index in [0.29, 0.717) is 12.0 Å². The Balaban J connectivity index is 1.85. The number of aryl methyl sites for hydroxylation is 1. The van der Waals surface area contributed by atoms with Crippen molar-refractivity contribution in [1.29, 1.82) is 0 Å². The highest BCUT2D eigenvalue weighted by atomic mass is 16.2. The summed E-state index contributed by atoms with van der Waals surface area (Å²) in [5.41, 5.74) is 1.95. The van der Waals surface area contributed by atoms with E-state index in [1.807, 2.05) is 30.7 Å². The molecule has 92 valence electrons. The Hall–Kier alpha value is -1.29. The van der Waals surface area contributed by atoms with Gasteiger partial charge in [0.25, 0.3) is 5.91 Å². The molecule has 2 saturated heterocycles. The average Bonchev–Trinajstić information content (AvgIpc) is 2.95. The quantitative estimate of drug-likeness (QED) is 0.778. The number of carbonyl (C=O) groups is 1. The van der Waals surface area contributed by atoms with Crippen LogP contribution in [0.25, 0.3) is 0 Å². The summed E-state index contributed by atoms with van der Waals surface area (Å²) < 4.78 is 1.98. The molecule has 1 aromatic heterocycles. The maximum Gasteiger partial charge on any atom is 0.270 e. The van der Waals surface area contributed by atoms with Crippen molar-refractivity contribution in [2.45, 2.75) is 19.4 Å². The molecule has 0 bridgehead atoms. The molecule has 0 unspecified atom stereocenters. The van der Waals surface area contributed by atoms with Gasteiger partial charge in [0, 0.05) is 38.4 Å². The monoisotopic (exact) mass is 233 g/mol. The minimum atomic E-state index is 0.191. The van der Waals surface area contributed by atoms with E-state index < -0.39 is 0 Å². The Labute approximate surface area is 102 Å². The molecule has 17 heavy (non-hydrogen) atoms. The summed E-state index contributed by atoms with van der Waals surface area (Å²) in [4.78, 5) is 14.6. The molecule has 0 saturated carbocycles. The molecule has 3 heterocycles. The first-order valence-electron chi connectivity index (χ1n) is 6.32. The van der Waals surface area contributed by atoms with Gasteiger partial charge >= 0.3 is 0 Å².